The molecule has 0 aliphatic rings. The third kappa shape index (κ3) is 1.46. The minimum atomic E-state index is 0.413. The fourth-order valence-electron chi connectivity index (χ4n) is 1.57. The van der Waals surface area contributed by atoms with Gasteiger partial charge in [0.2, 0.25) is 5.71 Å². The van der Waals surface area contributed by atoms with E-state index in [1.807, 2.05) is 36.4 Å². The summed E-state index contributed by atoms with van der Waals surface area (Å²) in [5.41, 5.74) is 1.51. The van der Waals surface area contributed by atoms with Crippen molar-refractivity contribution < 1.29 is 4.42 Å². The normalized spacial score (nSPS) is 10.8. The summed E-state index contributed by atoms with van der Waals surface area (Å²) in [6.07, 6.45) is 1.39. The van der Waals surface area contributed by atoms with Crippen LogP contribution >= 0.6 is 11.6 Å². The molecule has 0 aliphatic heterocycles. The lowest BCUT2D eigenvalue weighted by atomic mass is 10.2. The summed E-state index contributed by atoms with van der Waals surface area (Å²) in [6, 6.07) is 11.7. The Bertz CT molecular complexity index is 634. The molecule has 3 nitrogen and oxygen atoms in total. The Morgan fingerprint density at radius 3 is 2.62 bits per heavy atom. The Balaban J connectivity index is 2.23. The SMILES string of the molecule is Clc1ncnc2oc(-c3ccccc3)cc12. The molecule has 0 atom stereocenters. The number of rotatable bonds is 1. The molecule has 78 valence electrons. The number of benzene rings is 1. The van der Waals surface area contributed by atoms with Crippen molar-refractivity contribution in [2.75, 3.05) is 0 Å². The van der Waals surface area contributed by atoms with Crippen molar-refractivity contribution in [3.05, 3.63) is 47.9 Å². The third-order valence-electron chi connectivity index (χ3n) is 2.34. The van der Waals surface area contributed by atoms with Crippen molar-refractivity contribution in [3.63, 3.8) is 0 Å². The fourth-order valence-corrected chi connectivity index (χ4v) is 1.75. The van der Waals surface area contributed by atoms with Crippen LogP contribution in [0.5, 0.6) is 0 Å². The number of nitrogens with zero attached hydrogens (tertiary/aromatic N) is 2. The fraction of sp³-hybridized carbons (Fsp3) is 0. The van der Waals surface area contributed by atoms with Gasteiger partial charge in [0.25, 0.3) is 0 Å². The van der Waals surface area contributed by atoms with Gasteiger partial charge in [0, 0.05) is 5.56 Å². The number of fused-ring (bicyclic) bond motifs is 1. The largest absolute Gasteiger partial charge is 0.438 e. The van der Waals surface area contributed by atoms with Gasteiger partial charge >= 0.3 is 0 Å². The Kier molecular flexibility index (Phi) is 2.11. The summed E-state index contributed by atoms with van der Waals surface area (Å²) < 4.78 is 5.60. The summed E-state index contributed by atoms with van der Waals surface area (Å²) >= 11 is 5.95. The molecule has 3 aromatic rings. The van der Waals surface area contributed by atoms with Crippen LogP contribution in [0.4, 0.5) is 0 Å². The van der Waals surface area contributed by atoms with Gasteiger partial charge in [-0.1, -0.05) is 41.9 Å². The lowest BCUT2D eigenvalue weighted by molar-refractivity contribution is 0.617. The molecule has 0 amide bonds. The van der Waals surface area contributed by atoms with Gasteiger partial charge in [-0.25, -0.2) is 9.97 Å². The molecular weight excluding hydrogens is 224 g/mol. The van der Waals surface area contributed by atoms with Crippen molar-refractivity contribution in [2.24, 2.45) is 0 Å². The summed E-state index contributed by atoms with van der Waals surface area (Å²) in [6.45, 7) is 0. The molecule has 2 aromatic heterocycles. The van der Waals surface area contributed by atoms with Crippen molar-refractivity contribution in [1.29, 1.82) is 0 Å². The minimum absolute atomic E-state index is 0.413. The smallest absolute Gasteiger partial charge is 0.231 e. The highest BCUT2D eigenvalue weighted by atomic mass is 35.5. The number of hydrogen-bond donors (Lipinski definition) is 0. The van der Waals surface area contributed by atoms with Crippen LogP contribution in [0.15, 0.2) is 47.1 Å². The molecule has 0 saturated carbocycles. The quantitative estimate of drug-likeness (QED) is 0.600. The number of furan rings is 1. The highest BCUT2D eigenvalue weighted by molar-refractivity contribution is 6.33. The highest BCUT2D eigenvalue weighted by Crippen LogP contribution is 2.29. The van der Waals surface area contributed by atoms with Crippen LogP contribution in [0.3, 0.4) is 0 Å². The van der Waals surface area contributed by atoms with Gasteiger partial charge < -0.3 is 4.42 Å². The highest BCUT2D eigenvalue weighted by Gasteiger charge is 2.09. The van der Waals surface area contributed by atoms with E-state index in [1.165, 1.54) is 6.33 Å². The molecule has 0 bridgehead atoms. The predicted molar refractivity (Wildman–Crippen MR) is 62.3 cm³/mol. The summed E-state index contributed by atoms with van der Waals surface area (Å²) in [4.78, 5) is 7.93. The predicted octanol–water partition coefficient (Wildman–Crippen LogP) is 3.54. The molecule has 0 aliphatic carbocycles. The number of halogens is 1. The molecule has 3 rings (SSSR count). The second-order valence-electron chi connectivity index (χ2n) is 3.36. The molecule has 2 heterocycles. The van der Waals surface area contributed by atoms with E-state index in [4.69, 9.17) is 16.0 Å². The zero-order valence-electron chi connectivity index (χ0n) is 8.22. The average molecular weight is 231 g/mol. The molecule has 0 unspecified atom stereocenters. The van der Waals surface area contributed by atoms with Gasteiger partial charge in [0.05, 0.1) is 5.39 Å². The first-order valence-corrected chi connectivity index (χ1v) is 5.18. The average Bonchev–Trinajstić information content (AvgIpc) is 2.76. The zero-order valence-corrected chi connectivity index (χ0v) is 8.98. The second kappa shape index (κ2) is 3.61. The van der Waals surface area contributed by atoms with Crippen LogP contribution in [0, 0.1) is 0 Å². The topological polar surface area (TPSA) is 38.9 Å². The van der Waals surface area contributed by atoms with Crippen molar-refractivity contribution in [2.45, 2.75) is 0 Å². The van der Waals surface area contributed by atoms with Gasteiger partial charge in [0.15, 0.2) is 0 Å². The summed E-state index contributed by atoms with van der Waals surface area (Å²) in [7, 11) is 0. The maximum Gasteiger partial charge on any atom is 0.231 e. The standard InChI is InChI=1S/C12H7ClN2O/c13-11-9-6-10(8-4-2-1-3-5-8)16-12(9)15-7-14-11/h1-7H. The van der Waals surface area contributed by atoms with E-state index < -0.39 is 0 Å². The Morgan fingerprint density at radius 1 is 1.06 bits per heavy atom. The van der Waals surface area contributed by atoms with E-state index in [1.54, 1.807) is 0 Å². The van der Waals surface area contributed by atoms with E-state index in [0.717, 1.165) is 16.7 Å². The Hall–Kier alpha value is -1.87. The van der Waals surface area contributed by atoms with Gasteiger partial charge in [0.1, 0.15) is 17.2 Å². The monoisotopic (exact) mass is 230 g/mol. The molecule has 16 heavy (non-hydrogen) atoms. The summed E-state index contributed by atoms with van der Waals surface area (Å²) in [5, 5.41) is 1.15. The molecule has 0 fully saturated rings. The van der Waals surface area contributed by atoms with Crippen LogP contribution in [-0.2, 0) is 0 Å². The first-order chi connectivity index (χ1) is 7.84. The van der Waals surface area contributed by atoms with Crippen molar-refractivity contribution in [1.82, 2.24) is 9.97 Å². The lowest BCUT2D eigenvalue weighted by Gasteiger charge is -1.92. The van der Waals surface area contributed by atoms with Gasteiger partial charge in [-0.2, -0.15) is 0 Å². The molecule has 0 spiro atoms. The minimum Gasteiger partial charge on any atom is -0.438 e. The van der Waals surface area contributed by atoms with Crippen LogP contribution < -0.4 is 0 Å². The van der Waals surface area contributed by atoms with Crippen LogP contribution in [0.1, 0.15) is 0 Å². The molecule has 0 N–H and O–H groups in total. The zero-order chi connectivity index (χ0) is 11.0. The lowest BCUT2D eigenvalue weighted by Crippen LogP contribution is -1.77. The van der Waals surface area contributed by atoms with E-state index in [9.17, 15) is 0 Å². The Labute approximate surface area is 96.7 Å². The first-order valence-electron chi connectivity index (χ1n) is 4.80. The van der Waals surface area contributed by atoms with E-state index >= 15 is 0 Å². The van der Waals surface area contributed by atoms with Gasteiger partial charge in [-0.05, 0) is 6.07 Å². The third-order valence-corrected chi connectivity index (χ3v) is 2.64. The second-order valence-corrected chi connectivity index (χ2v) is 3.72. The van der Waals surface area contributed by atoms with Crippen molar-refractivity contribution in [3.8, 4) is 11.3 Å². The number of aromatic nitrogens is 2. The van der Waals surface area contributed by atoms with Crippen LogP contribution in [0.25, 0.3) is 22.4 Å². The van der Waals surface area contributed by atoms with Crippen molar-refractivity contribution >= 4 is 22.7 Å². The molecule has 1 aromatic carbocycles. The van der Waals surface area contributed by atoms with Gasteiger partial charge in [-0.3, -0.25) is 0 Å². The van der Waals surface area contributed by atoms with E-state index in [-0.39, 0.29) is 0 Å². The molecule has 0 saturated heterocycles. The maximum atomic E-state index is 5.95. The van der Waals surface area contributed by atoms with Crippen LogP contribution in [-0.4, -0.2) is 9.97 Å². The maximum absolute atomic E-state index is 5.95. The number of hydrogen-bond acceptors (Lipinski definition) is 3. The Morgan fingerprint density at radius 2 is 1.88 bits per heavy atom. The molecular formula is C12H7ClN2O. The summed E-state index contributed by atoms with van der Waals surface area (Å²) in [5.74, 6) is 0.748. The van der Waals surface area contributed by atoms with E-state index in [0.29, 0.717) is 10.9 Å². The first kappa shape index (κ1) is 9.36. The van der Waals surface area contributed by atoms with Crippen LogP contribution in [0.2, 0.25) is 5.15 Å². The van der Waals surface area contributed by atoms with E-state index in [2.05, 4.69) is 9.97 Å². The van der Waals surface area contributed by atoms with Gasteiger partial charge in [-0.15, -0.1) is 0 Å². The molecule has 0 radical (unpaired) electrons. The molecule has 4 heteroatoms.